The van der Waals surface area contributed by atoms with Gasteiger partial charge in [-0.2, -0.15) is 0 Å². The smallest absolute Gasteiger partial charge is 0.340 e. The standard InChI is InChI=1S/C24H14Cl2O7/c1-11(27)30-13-3-6-16-19(9-13)32-20-10-14(31-12(2)28)4-7-17(20)24(16)21-15(23(29)33-24)5-8-18(25)22(21)26/h3-10H,1-2H3/i5D,8D. The van der Waals surface area contributed by atoms with Crippen molar-refractivity contribution in [2.75, 3.05) is 0 Å². The van der Waals surface area contributed by atoms with Crippen molar-refractivity contribution in [3.8, 4) is 23.0 Å². The van der Waals surface area contributed by atoms with E-state index in [1.807, 2.05) is 0 Å². The number of ether oxygens (including phenoxy) is 4. The Morgan fingerprint density at radius 1 is 0.939 bits per heavy atom. The van der Waals surface area contributed by atoms with E-state index in [0.29, 0.717) is 11.1 Å². The Hall–Kier alpha value is -3.55. The summed E-state index contributed by atoms with van der Waals surface area (Å²) in [5.41, 5.74) is -1.17. The number of hydrogen-bond donors (Lipinski definition) is 0. The second kappa shape index (κ2) is 7.50. The first kappa shape index (κ1) is 19.0. The Morgan fingerprint density at radius 3 is 2.00 bits per heavy atom. The Morgan fingerprint density at radius 2 is 1.48 bits per heavy atom. The average molecular weight is 487 g/mol. The van der Waals surface area contributed by atoms with E-state index in [1.165, 1.54) is 38.1 Å². The van der Waals surface area contributed by atoms with Gasteiger partial charge >= 0.3 is 17.9 Å². The summed E-state index contributed by atoms with van der Waals surface area (Å²) in [5, 5.41) is -0.337. The van der Waals surface area contributed by atoms with Crippen molar-refractivity contribution in [1.82, 2.24) is 0 Å². The molecule has 3 aromatic carbocycles. The topological polar surface area (TPSA) is 88.1 Å². The Balaban J connectivity index is 1.86. The van der Waals surface area contributed by atoms with E-state index in [-0.39, 0.29) is 44.2 Å². The van der Waals surface area contributed by atoms with Crippen LogP contribution in [0, 0.1) is 0 Å². The molecule has 33 heavy (non-hydrogen) atoms. The van der Waals surface area contributed by atoms with Gasteiger partial charge in [0.2, 0.25) is 0 Å². The number of benzene rings is 3. The maximum absolute atomic E-state index is 13.1. The van der Waals surface area contributed by atoms with Crippen molar-refractivity contribution in [3.63, 3.8) is 0 Å². The van der Waals surface area contributed by atoms with Gasteiger partial charge in [-0.1, -0.05) is 23.2 Å². The molecule has 3 aromatic rings. The lowest BCUT2D eigenvalue weighted by atomic mass is 9.77. The third-order valence-corrected chi connectivity index (χ3v) is 5.93. The molecule has 0 aliphatic carbocycles. The Kier molecular flexibility index (Phi) is 4.31. The van der Waals surface area contributed by atoms with Gasteiger partial charge in [-0.3, -0.25) is 9.59 Å². The van der Waals surface area contributed by atoms with Crippen LogP contribution in [0.2, 0.25) is 10.0 Å². The lowest BCUT2D eigenvalue weighted by molar-refractivity contribution is -0.132. The highest BCUT2D eigenvalue weighted by Gasteiger charge is 2.55. The van der Waals surface area contributed by atoms with Crippen molar-refractivity contribution < 1.29 is 36.1 Å². The predicted octanol–water partition coefficient (Wildman–Crippen LogP) is 5.41. The molecule has 0 atom stereocenters. The van der Waals surface area contributed by atoms with E-state index in [4.69, 9.17) is 44.9 Å². The number of halogens is 2. The molecule has 9 heteroatoms. The first-order valence-corrected chi connectivity index (χ1v) is 10.4. The minimum atomic E-state index is -1.71. The molecule has 2 aliphatic rings. The second-order valence-corrected chi connectivity index (χ2v) is 8.06. The quantitative estimate of drug-likeness (QED) is 0.353. The summed E-state index contributed by atoms with van der Waals surface area (Å²) in [7, 11) is 0. The fraction of sp³-hybridized carbons (Fsp3) is 0.125. The molecular weight excluding hydrogens is 471 g/mol. The van der Waals surface area contributed by atoms with Crippen LogP contribution in [0.5, 0.6) is 23.0 Å². The van der Waals surface area contributed by atoms with Crippen LogP contribution in [0.15, 0.2) is 48.5 Å². The van der Waals surface area contributed by atoms with Gasteiger partial charge in [0.15, 0.2) is 5.60 Å². The molecule has 0 radical (unpaired) electrons. The maximum atomic E-state index is 13.1. The predicted molar refractivity (Wildman–Crippen MR) is 117 cm³/mol. The highest BCUT2D eigenvalue weighted by Crippen LogP contribution is 2.59. The fourth-order valence-corrected chi connectivity index (χ4v) is 4.45. The van der Waals surface area contributed by atoms with E-state index in [9.17, 15) is 14.4 Å². The minimum absolute atomic E-state index is 0.0847. The monoisotopic (exact) mass is 486 g/mol. The summed E-state index contributed by atoms with van der Waals surface area (Å²) < 4.78 is 38.8. The largest absolute Gasteiger partial charge is 0.456 e. The summed E-state index contributed by atoms with van der Waals surface area (Å²) >= 11 is 12.9. The first-order valence-electron chi connectivity index (χ1n) is 10.6. The van der Waals surface area contributed by atoms with Gasteiger partial charge in [0.1, 0.15) is 23.0 Å². The lowest BCUT2D eigenvalue weighted by Gasteiger charge is -2.37. The third-order valence-electron chi connectivity index (χ3n) is 5.17. The van der Waals surface area contributed by atoms with Crippen molar-refractivity contribution >= 4 is 41.1 Å². The van der Waals surface area contributed by atoms with Gasteiger partial charge in [-0.25, -0.2) is 4.79 Å². The van der Waals surface area contributed by atoms with Gasteiger partial charge in [0.25, 0.3) is 0 Å². The lowest BCUT2D eigenvalue weighted by Crippen LogP contribution is -2.33. The van der Waals surface area contributed by atoms with E-state index in [1.54, 1.807) is 12.1 Å². The molecule has 2 heterocycles. The van der Waals surface area contributed by atoms with Crippen LogP contribution in [0.4, 0.5) is 0 Å². The van der Waals surface area contributed by atoms with Gasteiger partial charge in [0, 0.05) is 42.7 Å². The van der Waals surface area contributed by atoms with Crippen LogP contribution in [0.3, 0.4) is 0 Å². The minimum Gasteiger partial charge on any atom is -0.456 e. The van der Waals surface area contributed by atoms with E-state index >= 15 is 0 Å². The number of fused-ring (bicyclic) bond motifs is 6. The number of carbonyl (C=O) groups is 3. The molecule has 0 saturated carbocycles. The number of carbonyl (C=O) groups excluding carboxylic acids is 3. The van der Waals surface area contributed by atoms with Crippen molar-refractivity contribution in [3.05, 3.63) is 80.8 Å². The Bertz CT molecular complexity index is 1420. The van der Waals surface area contributed by atoms with Crippen LogP contribution in [-0.4, -0.2) is 17.9 Å². The van der Waals surface area contributed by atoms with Gasteiger partial charge in [-0.15, -0.1) is 0 Å². The summed E-state index contributed by atoms with van der Waals surface area (Å²) in [6.07, 6.45) is 0. The van der Waals surface area contributed by atoms with Gasteiger partial charge in [-0.05, 0) is 36.4 Å². The zero-order valence-electron chi connectivity index (χ0n) is 19.1. The SMILES string of the molecule is [2H]c1c([2H])c2c(c(Cl)c1Cl)C1(OC2=O)c2ccc(OC(C)=O)cc2Oc2cc(OC(C)=O)ccc21. The molecule has 166 valence electrons. The van der Waals surface area contributed by atoms with Crippen LogP contribution >= 0.6 is 23.2 Å². The summed E-state index contributed by atoms with van der Waals surface area (Å²) in [5.74, 6) is -1.32. The number of hydrogen-bond acceptors (Lipinski definition) is 7. The average Bonchev–Trinajstić information content (AvgIpc) is 3.08. The molecule has 0 unspecified atom stereocenters. The van der Waals surface area contributed by atoms with E-state index in [0.717, 1.165) is 0 Å². The van der Waals surface area contributed by atoms with Crippen molar-refractivity contribution in [2.45, 2.75) is 19.4 Å². The van der Waals surface area contributed by atoms with E-state index in [2.05, 4.69) is 0 Å². The fourth-order valence-electron chi connectivity index (χ4n) is 4.04. The van der Waals surface area contributed by atoms with Gasteiger partial charge < -0.3 is 18.9 Å². The summed E-state index contributed by atoms with van der Waals surface area (Å²) in [4.78, 5) is 36.1. The third kappa shape index (κ3) is 3.23. The highest BCUT2D eigenvalue weighted by atomic mass is 35.5. The molecular formula is C24H14Cl2O7. The molecule has 0 amide bonds. The molecule has 2 aliphatic heterocycles. The van der Waals surface area contributed by atoms with Crippen molar-refractivity contribution in [2.24, 2.45) is 0 Å². The van der Waals surface area contributed by atoms with Crippen LogP contribution in [0.25, 0.3) is 0 Å². The van der Waals surface area contributed by atoms with Crippen LogP contribution in [-0.2, 0) is 19.9 Å². The molecule has 5 rings (SSSR count). The van der Waals surface area contributed by atoms with Crippen LogP contribution in [0.1, 0.15) is 43.6 Å². The number of esters is 3. The van der Waals surface area contributed by atoms with Crippen molar-refractivity contribution in [1.29, 1.82) is 0 Å². The highest BCUT2D eigenvalue weighted by molar-refractivity contribution is 6.43. The normalized spacial score (nSPS) is 15.3. The Labute approximate surface area is 200 Å². The first-order chi connectivity index (χ1) is 16.5. The van der Waals surface area contributed by atoms with Gasteiger partial charge in [0.05, 0.1) is 18.4 Å². The van der Waals surface area contributed by atoms with E-state index < -0.39 is 35.6 Å². The molecule has 0 N–H and O–H groups in total. The molecule has 0 fully saturated rings. The molecule has 0 bridgehead atoms. The number of rotatable bonds is 2. The molecule has 7 nitrogen and oxygen atoms in total. The molecule has 1 spiro atoms. The van der Waals surface area contributed by atoms with Crippen LogP contribution < -0.4 is 14.2 Å². The maximum Gasteiger partial charge on any atom is 0.340 e. The summed E-state index contributed by atoms with van der Waals surface area (Å²) in [6.45, 7) is 2.49. The zero-order chi connectivity index (χ0) is 25.2. The summed E-state index contributed by atoms with van der Waals surface area (Å²) in [6, 6.07) is 8.09. The molecule has 0 aromatic heterocycles. The second-order valence-electron chi connectivity index (χ2n) is 7.30. The zero-order valence-corrected chi connectivity index (χ0v) is 18.6. The molecule has 0 saturated heterocycles.